The smallest absolute Gasteiger partial charge is 0.308 e. The van der Waals surface area contributed by atoms with E-state index in [0.717, 1.165) is 6.42 Å². The van der Waals surface area contributed by atoms with Gasteiger partial charge in [0.05, 0.1) is 38.2 Å². The number of methoxy groups -OCH3 is 2. The molecule has 0 unspecified atom stereocenters. The summed E-state index contributed by atoms with van der Waals surface area (Å²) in [4.78, 5) is 51.6. The lowest BCUT2D eigenvalue weighted by Crippen LogP contribution is -2.37. The molecule has 33 heavy (non-hydrogen) atoms. The predicted molar refractivity (Wildman–Crippen MR) is 124 cm³/mol. The first-order valence-electron chi connectivity index (χ1n) is 10.6. The minimum absolute atomic E-state index is 0.0474. The third kappa shape index (κ3) is 4.37. The number of halogens is 2. The summed E-state index contributed by atoms with van der Waals surface area (Å²) in [6.07, 6.45) is 0.680. The van der Waals surface area contributed by atoms with Crippen molar-refractivity contribution in [2.45, 2.75) is 22.5 Å². The monoisotopic (exact) mass is 586 g/mol. The van der Waals surface area contributed by atoms with Crippen LogP contribution >= 0.6 is 31.9 Å². The molecular formula is C22H24Br2N2O7. The number of carbonyl (C=O) groups is 4. The fourth-order valence-electron chi connectivity index (χ4n) is 5.15. The maximum absolute atomic E-state index is 12.9. The van der Waals surface area contributed by atoms with Crippen LogP contribution in [-0.2, 0) is 23.9 Å². The highest BCUT2D eigenvalue weighted by molar-refractivity contribution is 9.12. The van der Waals surface area contributed by atoms with Crippen molar-refractivity contribution >= 4 is 61.2 Å². The van der Waals surface area contributed by atoms with Gasteiger partial charge in [-0.05, 0) is 30.4 Å². The Bertz CT molecular complexity index is 955. The van der Waals surface area contributed by atoms with Crippen molar-refractivity contribution in [2.24, 2.45) is 23.7 Å². The van der Waals surface area contributed by atoms with Crippen molar-refractivity contribution in [1.29, 1.82) is 0 Å². The maximum atomic E-state index is 12.9. The second-order valence-corrected chi connectivity index (χ2v) is 10.5. The standard InChI is InChI=1S/C22H24Br2N2O7/c1-31-10-3-4-14(32-2)13(7-10)25-15(27)9-33-16(28)5-6-26-21(29)17-11-8-12(18(17)22(26)30)20(24)19(11)23/h3-4,7,11-12,17-20H,5-6,8-9H2,1-2H3,(H,25,27)/t11-,12-,17-,18-,19+,20+/m1/s1. The number of benzene rings is 1. The van der Waals surface area contributed by atoms with Crippen molar-refractivity contribution in [2.75, 3.05) is 32.7 Å². The van der Waals surface area contributed by atoms with Crippen LogP contribution in [0, 0.1) is 23.7 Å². The van der Waals surface area contributed by atoms with Crippen LogP contribution in [0.2, 0.25) is 0 Å². The van der Waals surface area contributed by atoms with Gasteiger partial charge in [0, 0.05) is 22.3 Å². The summed E-state index contributed by atoms with van der Waals surface area (Å²) in [5, 5.41) is 2.61. The molecule has 1 aromatic carbocycles. The Balaban J connectivity index is 1.27. The molecule has 1 aliphatic heterocycles. The molecule has 178 valence electrons. The summed E-state index contributed by atoms with van der Waals surface area (Å²) < 4.78 is 15.4. The van der Waals surface area contributed by atoms with E-state index in [9.17, 15) is 19.2 Å². The van der Waals surface area contributed by atoms with E-state index in [4.69, 9.17) is 14.2 Å². The highest BCUT2D eigenvalue weighted by Crippen LogP contribution is 2.60. The number of amides is 3. The van der Waals surface area contributed by atoms with Gasteiger partial charge in [-0.25, -0.2) is 0 Å². The SMILES string of the molecule is COc1ccc(OC)c(NC(=O)COC(=O)CCN2C(=O)[C@@H]3[C@H]4C[C@@H]([C@H](Br)[C@H]4Br)[C@H]3C2=O)c1. The summed E-state index contributed by atoms with van der Waals surface area (Å²) >= 11 is 7.29. The number of hydrogen-bond acceptors (Lipinski definition) is 7. The van der Waals surface area contributed by atoms with E-state index in [0.29, 0.717) is 17.2 Å². The first-order chi connectivity index (χ1) is 15.8. The third-order valence-corrected chi connectivity index (χ3v) is 9.87. The Kier molecular flexibility index (Phi) is 6.99. The molecule has 0 radical (unpaired) electrons. The first kappa shape index (κ1) is 24.0. The zero-order valence-electron chi connectivity index (χ0n) is 18.1. The summed E-state index contributed by atoms with van der Waals surface area (Å²) in [7, 11) is 2.97. The molecule has 0 aromatic heterocycles. The molecule has 6 atom stereocenters. The molecule has 1 N–H and O–H groups in total. The molecule has 2 bridgehead atoms. The van der Waals surface area contributed by atoms with E-state index >= 15 is 0 Å². The van der Waals surface area contributed by atoms with Gasteiger partial charge in [-0.2, -0.15) is 0 Å². The fourth-order valence-corrected chi connectivity index (χ4v) is 7.02. The Morgan fingerprint density at radius 3 is 2.27 bits per heavy atom. The molecule has 3 amide bonds. The topological polar surface area (TPSA) is 111 Å². The van der Waals surface area contributed by atoms with Crippen LogP contribution in [0.3, 0.4) is 0 Å². The lowest BCUT2D eigenvalue weighted by atomic mass is 9.81. The van der Waals surface area contributed by atoms with Crippen LogP contribution < -0.4 is 14.8 Å². The van der Waals surface area contributed by atoms with Crippen LogP contribution in [0.15, 0.2) is 18.2 Å². The number of esters is 1. The summed E-state index contributed by atoms with van der Waals surface area (Å²) in [6.45, 7) is -0.554. The summed E-state index contributed by atoms with van der Waals surface area (Å²) in [6, 6.07) is 4.91. The van der Waals surface area contributed by atoms with E-state index in [-0.39, 0.29) is 58.1 Å². The predicted octanol–water partition coefficient (Wildman–Crippen LogP) is 2.35. The van der Waals surface area contributed by atoms with E-state index < -0.39 is 18.5 Å². The zero-order valence-corrected chi connectivity index (χ0v) is 21.3. The van der Waals surface area contributed by atoms with Crippen LogP contribution in [0.1, 0.15) is 12.8 Å². The number of alkyl halides is 2. The molecule has 1 saturated heterocycles. The van der Waals surface area contributed by atoms with E-state index in [2.05, 4.69) is 37.2 Å². The zero-order chi connectivity index (χ0) is 23.9. The van der Waals surface area contributed by atoms with Gasteiger partial charge in [-0.15, -0.1) is 0 Å². The second kappa shape index (κ2) is 9.61. The number of anilines is 1. The number of rotatable bonds is 8. The highest BCUT2D eigenvalue weighted by Gasteiger charge is 2.66. The van der Waals surface area contributed by atoms with Crippen molar-refractivity contribution < 1.29 is 33.4 Å². The number of hydrogen-bond donors (Lipinski definition) is 1. The molecule has 0 spiro atoms. The molecule has 11 heteroatoms. The average Bonchev–Trinajstić information content (AvgIpc) is 3.41. The Labute approximate surface area is 207 Å². The molecule has 2 aliphatic carbocycles. The molecule has 3 fully saturated rings. The average molecular weight is 588 g/mol. The van der Waals surface area contributed by atoms with Crippen LogP contribution in [0.5, 0.6) is 11.5 Å². The van der Waals surface area contributed by atoms with Gasteiger partial charge in [-0.1, -0.05) is 31.9 Å². The molecule has 4 rings (SSSR count). The highest BCUT2D eigenvalue weighted by atomic mass is 79.9. The van der Waals surface area contributed by atoms with E-state index in [1.807, 2.05) is 0 Å². The van der Waals surface area contributed by atoms with Crippen molar-refractivity contribution in [3.8, 4) is 11.5 Å². The number of nitrogens with zero attached hydrogens (tertiary/aromatic N) is 1. The van der Waals surface area contributed by atoms with Gasteiger partial charge < -0.3 is 19.5 Å². The van der Waals surface area contributed by atoms with E-state index in [1.54, 1.807) is 18.2 Å². The molecule has 1 heterocycles. The lowest BCUT2D eigenvalue weighted by Gasteiger charge is -2.28. The molecule has 1 aromatic rings. The number of imide groups is 1. The quantitative estimate of drug-likeness (QED) is 0.282. The number of ether oxygens (including phenoxy) is 3. The first-order valence-corrected chi connectivity index (χ1v) is 12.4. The molecule has 9 nitrogen and oxygen atoms in total. The lowest BCUT2D eigenvalue weighted by molar-refractivity contribution is -0.149. The van der Waals surface area contributed by atoms with Crippen LogP contribution in [-0.4, -0.2) is 65.6 Å². The fraction of sp³-hybridized carbons (Fsp3) is 0.545. The number of likely N-dealkylation sites (tertiary alicyclic amines) is 1. The van der Waals surface area contributed by atoms with Crippen LogP contribution in [0.4, 0.5) is 5.69 Å². The van der Waals surface area contributed by atoms with Gasteiger partial charge in [0.1, 0.15) is 11.5 Å². The Hall–Kier alpha value is -2.14. The Morgan fingerprint density at radius 2 is 1.70 bits per heavy atom. The second-order valence-electron chi connectivity index (χ2n) is 8.36. The van der Waals surface area contributed by atoms with Gasteiger partial charge in [0.15, 0.2) is 6.61 Å². The van der Waals surface area contributed by atoms with E-state index in [1.165, 1.54) is 19.1 Å². The van der Waals surface area contributed by atoms with Gasteiger partial charge in [0.25, 0.3) is 5.91 Å². The van der Waals surface area contributed by atoms with Crippen molar-refractivity contribution in [3.63, 3.8) is 0 Å². The minimum atomic E-state index is -0.667. The largest absolute Gasteiger partial charge is 0.497 e. The van der Waals surface area contributed by atoms with Gasteiger partial charge in [0.2, 0.25) is 11.8 Å². The molecule has 3 aliphatic rings. The summed E-state index contributed by atoms with van der Waals surface area (Å²) in [5.74, 6) is -1.09. The number of fused-ring (bicyclic) bond motifs is 5. The van der Waals surface area contributed by atoms with Crippen molar-refractivity contribution in [3.05, 3.63) is 18.2 Å². The van der Waals surface area contributed by atoms with Gasteiger partial charge >= 0.3 is 5.97 Å². The maximum Gasteiger partial charge on any atom is 0.308 e. The Morgan fingerprint density at radius 1 is 1.06 bits per heavy atom. The molecular weight excluding hydrogens is 564 g/mol. The normalized spacial score (nSPS) is 29.8. The third-order valence-electron chi connectivity index (χ3n) is 6.66. The minimum Gasteiger partial charge on any atom is -0.497 e. The number of nitrogens with one attached hydrogen (secondary N) is 1. The van der Waals surface area contributed by atoms with Gasteiger partial charge in [-0.3, -0.25) is 24.1 Å². The van der Waals surface area contributed by atoms with Crippen molar-refractivity contribution in [1.82, 2.24) is 4.90 Å². The molecule has 2 saturated carbocycles. The van der Waals surface area contributed by atoms with Crippen LogP contribution in [0.25, 0.3) is 0 Å². The summed E-state index contributed by atoms with van der Waals surface area (Å²) in [5.41, 5.74) is 0.377. The number of carbonyl (C=O) groups excluding carboxylic acids is 4.